The van der Waals surface area contributed by atoms with E-state index in [9.17, 15) is 14.4 Å². The van der Waals surface area contributed by atoms with Crippen LogP contribution >= 0.6 is 11.3 Å². The molecule has 154 valence electrons. The molecule has 0 radical (unpaired) electrons. The minimum Gasteiger partial charge on any atom is -0.488 e. The van der Waals surface area contributed by atoms with Gasteiger partial charge in [-0.25, -0.2) is 4.98 Å². The van der Waals surface area contributed by atoms with E-state index in [0.29, 0.717) is 38.8 Å². The van der Waals surface area contributed by atoms with Crippen molar-refractivity contribution in [1.82, 2.24) is 14.5 Å². The first-order chi connectivity index (χ1) is 13.7. The summed E-state index contributed by atoms with van der Waals surface area (Å²) in [5.74, 6) is 0.215. The van der Waals surface area contributed by atoms with Crippen LogP contribution in [0.4, 0.5) is 0 Å². The molecule has 1 amide bonds. The summed E-state index contributed by atoms with van der Waals surface area (Å²) in [5.41, 5.74) is 6.03. The number of nitrogens with zero attached hydrogens (tertiary/aromatic N) is 2. The van der Waals surface area contributed by atoms with E-state index in [2.05, 4.69) is 9.97 Å². The lowest BCUT2D eigenvalue weighted by atomic mass is 10.1. The summed E-state index contributed by atoms with van der Waals surface area (Å²) < 4.78 is 6.95. The van der Waals surface area contributed by atoms with E-state index >= 15 is 0 Å². The fraction of sp³-hybridized carbons (Fsp3) is 0.400. The molecule has 3 aromatic rings. The number of nitrogens with two attached hydrogens (primary N) is 1. The number of aryl methyl sites for hydroxylation is 1. The van der Waals surface area contributed by atoms with Crippen molar-refractivity contribution in [3.8, 4) is 5.75 Å². The number of hydrogen-bond acceptors (Lipinski definition) is 6. The molecule has 0 aliphatic rings. The topological polar surface area (TPSA) is 120 Å². The Bertz CT molecular complexity index is 1190. The molecule has 8 nitrogen and oxygen atoms in total. The highest BCUT2D eigenvalue weighted by Gasteiger charge is 2.21. The Morgan fingerprint density at radius 2 is 2.10 bits per heavy atom. The third kappa shape index (κ3) is 3.95. The van der Waals surface area contributed by atoms with Crippen LogP contribution in [0.1, 0.15) is 59.9 Å². The van der Waals surface area contributed by atoms with Crippen LogP contribution in [-0.4, -0.2) is 27.0 Å². The number of hydrogen-bond donors (Lipinski definition) is 2. The van der Waals surface area contributed by atoms with Crippen LogP contribution in [0, 0.1) is 6.92 Å². The third-order valence-electron chi connectivity index (χ3n) is 4.55. The second-order valence-corrected chi connectivity index (χ2v) is 8.15. The van der Waals surface area contributed by atoms with Gasteiger partial charge in [0.2, 0.25) is 5.43 Å². The lowest BCUT2D eigenvalue weighted by Gasteiger charge is -2.15. The van der Waals surface area contributed by atoms with Crippen LogP contribution in [0.3, 0.4) is 0 Å². The number of rotatable bonds is 7. The third-order valence-corrected chi connectivity index (χ3v) is 5.75. The molecular weight excluding hydrogens is 392 g/mol. The number of H-pyrrole nitrogens is 1. The van der Waals surface area contributed by atoms with Crippen molar-refractivity contribution in [1.29, 1.82) is 0 Å². The van der Waals surface area contributed by atoms with E-state index in [1.807, 2.05) is 20.8 Å². The lowest BCUT2D eigenvalue weighted by molar-refractivity contribution is 0.100. The lowest BCUT2D eigenvalue weighted by Crippen LogP contribution is -2.27. The van der Waals surface area contributed by atoms with Gasteiger partial charge in [-0.05, 0) is 18.9 Å². The van der Waals surface area contributed by atoms with Crippen LogP contribution < -0.4 is 21.5 Å². The summed E-state index contributed by atoms with van der Waals surface area (Å²) in [6.07, 6.45) is 2.31. The van der Waals surface area contributed by atoms with E-state index in [0.717, 1.165) is 17.8 Å². The van der Waals surface area contributed by atoms with Crippen LogP contribution in [0.15, 0.2) is 21.9 Å². The highest BCUT2D eigenvalue weighted by atomic mass is 32.1. The molecule has 9 heteroatoms. The number of aromatic amines is 1. The second-order valence-electron chi connectivity index (χ2n) is 7.15. The van der Waals surface area contributed by atoms with Crippen molar-refractivity contribution in [3.63, 3.8) is 0 Å². The summed E-state index contributed by atoms with van der Waals surface area (Å²) in [4.78, 5) is 45.7. The molecule has 3 rings (SSSR count). The van der Waals surface area contributed by atoms with E-state index in [-0.39, 0.29) is 29.2 Å². The molecular formula is C20H24N4O4S. The summed E-state index contributed by atoms with van der Waals surface area (Å²) in [7, 11) is 0. The summed E-state index contributed by atoms with van der Waals surface area (Å²) >= 11 is 1.13. The van der Waals surface area contributed by atoms with Gasteiger partial charge in [0, 0.05) is 23.9 Å². The molecule has 0 spiro atoms. The van der Waals surface area contributed by atoms with Crippen LogP contribution in [0.2, 0.25) is 0 Å². The highest BCUT2D eigenvalue weighted by Crippen LogP contribution is 2.28. The zero-order valence-electron chi connectivity index (χ0n) is 16.9. The van der Waals surface area contributed by atoms with Crippen LogP contribution in [0.5, 0.6) is 5.75 Å². The maximum atomic E-state index is 13.3. The van der Waals surface area contributed by atoms with Gasteiger partial charge in [0.1, 0.15) is 10.7 Å². The Hall–Kier alpha value is -2.94. The molecule has 0 bridgehead atoms. The molecule has 3 aromatic heterocycles. The number of nitrogens with one attached hydrogen (secondary N) is 1. The average molecular weight is 417 g/mol. The van der Waals surface area contributed by atoms with Crippen LogP contribution in [0.25, 0.3) is 10.2 Å². The quantitative estimate of drug-likeness (QED) is 0.613. The standard InChI is InChI=1S/C20H24N4O4S/c1-5-6-28-14-8-22-12(7-13(14)25)9-24-18(10(2)3)23-19-15(20(24)27)11(4)16(29-19)17(21)26/h7-8,10H,5-6,9H2,1-4H3,(H2,21,26)(H,22,25). The van der Waals surface area contributed by atoms with E-state index in [4.69, 9.17) is 10.5 Å². The molecule has 3 heterocycles. The molecule has 0 unspecified atom stereocenters. The number of aromatic nitrogens is 3. The van der Waals surface area contributed by atoms with Gasteiger partial charge in [-0.15, -0.1) is 11.3 Å². The Balaban J connectivity index is 2.12. The van der Waals surface area contributed by atoms with Gasteiger partial charge in [0.05, 0.1) is 23.4 Å². The normalized spacial score (nSPS) is 11.3. The van der Waals surface area contributed by atoms with Gasteiger partial charge >= 0.3 is 0 Å². The van der Waals surface area contributed by atoms with E-state index in [1.54, 1.807) is 6.92 Å². The number of ether oxygens (including phenoxy) is 1. The number of amides is 1. The van der Waals surface area contributed by atoms with E-state index in [1.165, 1.54) is 16.8 Å². The molecule has 29 heavy (non-hydrogen) atoms. The summed E-state index contributed by atoms with van der Waals surface area (Å²) in [5, 5.41) is 0.387. The fourth-order valence-corrected chi connectivity index (χ4v) is 4.18. The Kier molecular flexibility index (Phi) is 5.88. The molecule has 3 N–H and O–H groups in total. The van der Waals surface area contributed by atoms with Crippen molar-refractivity contribution >= 4 is 27.5 Å². The number of pyridine rings is 1. The van der Waals surface area contributed by atoms with Gasteiger partial charge in [0.25, 0.3) is 11.5 Å². The smallest absolute Gasteiger partial charge is 0.262 e. The van der Waals surface area contributed by atoms with Gasteiger partial charge in [-0.2, -0.15) is 0 Å². The largest absolute Gasteiger partial charge is 0.488 e. The minimum absolute atomic E-state index is 0.0367. The monoisotopic (exact) mass is 416 g/mol. The number of primary amides is 1. The first kappa shape index (κ1) is 20.8. The molecule has 0 saturated carbocycles. The maximum absolute atomic E-state index is 13.3. The highest BCUT2D eigenvalue weighted by molar-refractivity contribution is 7.20. The number of thiophene rings is 1. The van der Waals surface area contributed by atoms with Crippen molar-refractivity contribution in [3.05, 3.63) is 54.8 Å². The average Bonchev–Trinajstić information content (AvgIpc) is 3.00. The zero-order valence-corrected chi connectivity index (χ0v) is 17.7. The maximum Gasteiger partial charge on any atom is 0.262 e. The van der Waals surface area contributed by atoms with Crippen LogP contribution in [-0.2, 0) is 6.54 Å². The fourth-order valence-electron chi connectivity index (χ4n) is 3.15. The van der Waals surface area contributed by atoms with Crippen molar-refractivity contribution in [2.45, 2.75) is 46.6 Å². The van der Waals surface area contributed by atoms with Gasteiger partial charge in [-0.1, -0.05) is 20.8 Å². The number of fused-ring (bicyclic) bond motifs is 1. The van der Waals surface area contributed by atoms with Gasteiger partial charge in [0.15, 0.2) is 5.75 Å². The number of carbonyl (C=O) groups is 1. The summed E-state index contributed by atoms with van der Waals surface area (Å²) in [6, 6.07) is 1.43. The Labute approximate surface area is 171 Å². The molecule has 0 aliphatic heterocycles. The minimum atomic E-state index is -0.574. The Morgan fingerprint density at radius 1 is 1.38 bits per heavy atom. The summed E-state index contributed by atoms with van der Waals surface area (Å²) in [6.45, 7) is 8.14. The van der Waals surface area contributed by atoms with Crippen molar-refractivity contribution in [2.75, 3.05) is 6.61 Å². The molecule has 0 saturated heterocycles. The van der Waals surface area contributed by atoms with Crippen molar-refractivity contribution < 1.29 is 9.53 Å². The second kappa shape index (κ2) is 8.20. The Morgan fingerprint density at radius 3 is 2.69 bits per heavy atom. The molecule has 0 atom stereocenters. The first-order valence-corrected chi connectivity index (χ1v) is 10.2. The molecule has 0 aromatic carbocycles. The van der Waals surface area contributed by atoms with Gasteiger partial charge in [-0.3, -0.25) is 19.0 Å². The molecule has 0 fully saturated rings. The van der Waals surface area contributed by atoms with E-state index < -0.39 is 5.91 Å². The number of carbonyl (C=O) groups excluding carboxylic acids is 1. The predicted octanol–water partition coefficient (Wildman–Crippen LogP) is 2.51. The SMILES string of the molecule is CCCOc1c[nH]c(Cn2c(C(C)C)nc3sc(C(N)=O)c(C)c3c2=O)cc1=O. The van der Waals surface area contributed by atoms with Crippen molar-refractivity contribution in [2.24, 2.45) is 5.73 Å². The van der Waals surface area contributed by atoms with Gasteiger partial charge < -0.3 is 15.5 Å². The molecule has 0 aliphatic carbocycles. The first-order valence-electron chi connectivity index (χ1n) is 9.42. The zero-order chi connectivity index (χ0) is 21.3. The predicted molar refractivity (Wildman–Crippen MR) is 113 cm³/mol.